The van der Waals surface area contributed by atoms with Crippen molar-refractivity contribution in [3.8, 4) is 5.69 Å². The Morgan fingerprint density at radius 1 is 1.05 bits per heavy atom. The number of benzene rings is 1. The monoisotopic (exact) mass is 560 g/mol. The standard InChI is InChI=1S/C27H40N8O3.ClH/c1-27(2,29)24(36)33-14-16-34(17-15-33)25(37)30-23-10-13-35(26(38)31-23)22-7-5-20(6-8-22)9-12-32-11-3-4-21(18-28)19-32;/h5-8,10,13,21H,3-4,9,11-12,14-19,28-29H2,1-2H3,(H,30,31,37,38);1H. The van der Waals surface area contributed by atoms with Crippen LogP contribution in [0.2, 0.25) is 0 Å². The van der Waals surface area contributed by atoms with Crippen LogP contribution in [0.3, 0.4) is 0 Å². The third-order valence-electron chi connectivity index (χ3n) is 7.31. The van der Waals surface area contributed by atoms with Gasteiger partial charge < -0.3 is 26.2 Å². The van der Waals surface area contributed by atoms with Crippen LogP contribution < -0.4 is 22.5 Å². The van der Waals surface area contributed by atoms with Crippen molar-refractivity contribution < 1.29 is 9.59 Å². The number of urea groups is 1. The molecule has 2 fully saturated rings. The molecule has 0 bridgehead atoms. The minimum atomic E-state index is -0.944. The lowest BCUT2D eigenvalue weighted by molar-refractivity contribution is -0.137. The summed E-state index contributed by atoms with van der Waals surface area (Å²) >= 11 is 0. The molecule has 2 saturated heterocycles. The molecule has 2 aromatic rings. The number of nitrogens with two attached hydrogens (primary N) is 2. The number of hydrogen-bond acceptors (Lipinski definition) is 7. The summed E-state index contributed by atoms with van der Waals surface area (Å²) in [6.45, 7) is 8.86. The molecule has 12 heteroatoms. The third kappa shape index (κ3) is 8.01. The van der Waals surface area contributed by atoms with E-state index in [0.717, 1.165) is 32.6 Å². The SMILES string of the molecule is CC(C)(N)C(=O)N1CCN(C(=O)Nc2ccn(-c3ccc(CCN4CCCC(CN)C4)cc3)c(=O)n2)CC1.Cl. The van der Waals surface area contributed by atoms with E-state index in [1.165, 1.54) is 23.0 Å². The highest BCUT2D eigenvalue weighted by Crippen LogP contribution is 2.17. The molecule has 0 spiro atoms. The number of carbonyl (C=O) groups excluding carboxylic acids is 2. The number of aromatic nitrogens is 2. The van der Waals surface area contributed by atoms with Gasteiger partial charge in [-0.15, -0.1) is 12.4 Å². The zero-order chi connectivity index (χ0) is 27.3. The van der Waals surface area contributed by atoms with Crippen molar-refractivity contribution in [1.82, 2.24) is 24.3 Å². The van der Waals surface area contributed by atoms with Crippen LogP contribution in [-0.2, 0) is 11.2 Å². The van der Waals surface area contributed by atoms with Crippen molar-refractivity contribution in [2.24, 2.45) is 17.4 Å². The number of piperazine rings is 1. The number of likely N-dealkylation sites (tertiary alicyclic amines) is 1. The van der Waals surface area contributed by atoms with Crippen LogP contribution in [-0.4, -0.2) is 94.1 Å². The number of nitrogens with zero attached hydrogens (tertiary/aromatic N) is 5. The predicted molar refractivity (Wildman–Crippen MR) is 154 cm³/mol. The number of carbonyl (C=O) groups is 2. The van der Waals surface area contributed by atoms with Crippen LogP contribution in [0.1, 0.15) is 32.3 Å². The highest BCUT2D eigenvalue weighted by atomic mass is 35.5. The lowest BCUT2D eigenvalue weighted by Crippen LogP contribution is -2.58. The zero-order valence-electron chi connectivity index (χ0n) is 22.8. The van der Waals surface area contributed by atoms with E-state index >= 15 is 0 Å². The summed E-state index contributed by atoms with van der Waals surface area (Å²) in [5.41, 5.74) is 12.3. The summed E-state index contributed by atoms with van der Waals surface area (Å²) < 4.78 is 1.45. The molecule has 3 heterocycles. The zero-order valence-corrected chi connectivity index (χ0v) is 23.7. The Morgan fingerprint density at radius 3 is 2.33 bits per heavy atom. The lowest BCUT2D eigenvalue weighted by atomic mass is 9.98. The van der Waals surface area contributed by atoms with Crippen molar-refractivity contribution in [3.63, 3.8) is 0 Å². The first-order valence-corrected chi connectivity index (χ1v) is 13.4. The number of nitrogens with one attached hydrogen (secondary N) is 1. The van der Waals surface area contributed by atoms with Gasteiger partial charge in [0.2, 0.25) is 5.91 Å². The topological polar surface area (TPSA) is 143 Å². The largest absolute Gasteiger partial charge is 0.354 e. The van der Waals surface area contributed by atoms with Crippen LogP contribution in [0.15, 0.2) is 41.3 Å². The van der Waals surface area contributed by atoms with Gasteiger partial charge in [0.15, 0.2) is 0 Å². The second-order valence-electron chi connectivity index (χ2n) is 10.9. The molecule has 214 valence electrons. The van der Waals surface area contributed by atoms with E-state index in [9.17, 15) is 14.4 Å². The molecule has 0 radical (unpaired) electrons. The Kier molecular flexibility index (Phi) is 10.5. The van der Waals surface area contributed by atoms with E-state index < -0.39 is 11.2 Å². The molecule has 0 saturated carbocycles. The van der Waals surface area contributed by atoms with Crippen molar-refractivity contribution in [2.75, 3.05) is 57.7 Å². The van der Waals surface area contributed by atoms with Gasteiger partial charge >= 0.3 is 11.7 Å². The fraction of sp³-hybridized carbons (Fsp3) is 0.556. The molecule has 2 aliphatic heterocycles. The molecular formula is C27H41ClN8O3. The Morgan fingerprint density at radius 2 is 1.72 bits per heavy atom. The summed E-state index contributed by atoms with van der Waals surface area (Å²) in [4.78, 5) is 47.5. The molecule has 1 atom stereocenters. The van der Waals surface area contributed by atoms with Gasteiger partial charge in [0.05, 0.1) is 11.2 Å². The molecule has 1 aromatic heterocycles. The Balaban J connectivity index is 0.00000420. The minimum Gasteiger partial charge on any atom is -0.338 e. The quantitative estimate of drug-likeness (QED) is 0.463. The van der Waals surface area contributed by atoms with E-state index in [-0.39, 0.29) is 30.2 Å². The molecule has 3 amide bonds. The van der Waals surface area contributed by atoms with E-state index in [0.29, 0.717) is 37.8 Å². The first-order valence-electron chi connectivity index (χ1n) is 13.4. The van der Waals surface area contributed by atoms with Crippen molar-refractivity contribution in [3.05, 3.63) is 52.6 Å². The van der Waals surface area contributed by atoms with Crippen LogP contribution >= 0.6 is 12.4 Å². The smallest absolute Gasteiger partial charge is 0.338 e. The van der Waals surface area contributed by atoms with Gasteiger partial charge in [0.1, 0.15) is 5.82 Å². The summed E-state index contributed by atoms with van der Waals surface area (Å²) in [5, 5.41) is 2.69. The van der Waals surface area contributed by atoms with Crippen LogP contribution in [0.5, 0.6) is 0 Å². The summed E-state index contributed by atoms with van der Waals surface area (Å²) in [6.07, 6.45) is 4.99. The second kappa shape index (κ2) is 13.4. The number of hydrogen-bond donors (Lipinski definition) is 3. The second-order valence-corrected chi connectivity index (χ2v) is 10.9. The van der Waals surface area contributed by atoms with E-state index in [2.05, 4.69) is 15.2 Å². The van der Waals surface area contributed by atoms with Gasteiger partial charge in [-0.05, 0) is 75.9 Å². The van der Waals surface area contributed by atoms with Gasteiger partial charge in [-0.25, -0.2) is 9.59 Å². The van der Waals surface area contributed by atoms with Gasteiger partial charge in [-0.2, -0.15) is 4.98 Å². The fourth-order valence-corrected chi connectivity index (χ4v) is 5.04. The number of anilines is 1. The van der Waals surface area contributed by atoms with Crippen molar-refractivity contribution >= 4 is 30.2 Å². The van der Waals surface area contributed by atoms with Gasteiger partial charge in [0, 0.05) is 45.5 Å². The number of halogens is 1. The number of piperidine rings is 1. The fourth-order valence-electron chi connectivity index (χ4n) is 5.04. The maximum absolute atomic E-state index is 12.7. The molecule has 5 N–H and O–H groups in total. The summed E-state index contributed by atoms with van der Waals surface area (Å²) in [7, 11) is 0. The van der Waals surface area contributed by atoms with Crippen molar-refractivity contribution in [1.29, 1.82) is 0 Å². The van der Waals surface area contributed by atoms with Crippen molar-refractivity contribution in [2.45, 2.75) is 38.6 Å². The molecule has 1 unspecified atom stereocenters. The summed E-state index contributed by atoms with van der Waals surface area (Å²) in [5.74, 6) is 0.647. The highest BCUT2D eigenvalue weighted by molar-refractivity contribution is 5.89. The maximum Gasteiger partial charge on any atom is 0.354 e. The molecule has 39 heavy (non-hydrogen) atoms. The van der Waals surface area contributed by atoms with Crippen LogP contribution in [0.25, 0.3) is 5.69 Å². The number of rotatable bonds is 7. The molecule has 0 aliphatic carbocycles. The summed E-state index contributed by atoms with van der Waals surface area (Å²) in [6, 6.07) is 9.16. The lowest BCUT2D eigenvalue weighted by Gasteiger charge is -2.37. The van der Waals surface area contributed by atoms with Crippen LogP contribution in [0, 0.1) is 5.92 Å². The molecule has 2 aliphatic rings. The Hall–Kier alpha value is -2.99. The normalized spacial score (nSPS) is 18.4. The Bertz CT molecular complexity index is 1170. The number of amides is 3. The molecule has 4 rings (SSSR count). The first kappa shape index (κ1) is 30.6. The average Bonchev–Trinajstić information content (AvgIpc) is 2.91. The Labute approximate surface area is 235 Å². The first-order chi connectivity index (χ1) is 18.1. The van der Waals surface area contributed by atoms with E-state index in [4.69, 9.17) is 11.5 Å². The third-order valence-corrected chi connectivity index (χ3v) is 7.31. The van der Waals surface area contributed by atoms with Gasteiger partial charge in [-0.3, -0.25) is 14.7 Å². The predicted octanol–water partition coefficient (Wildman–Crippen LogP) is 1.28. The van der Waals surface area contributed by atoms with Crippen LogP contribution in [0.4, 0.5) is 10.6 Å². The highest BCUT2D eigenvalue weighted by Gasteiger charge is 2.31. The van der Waals surface area contributed by atoms with Gasteiger partial charge in [0.25, 0.3) is 0 Å². The van der Waals surface area contributed by atoms with Gasteiger partial charge in [-0.1, -0.05) is 12.1 Å². The van der Waals surface area contributed by atoms with E-state index in [1.54, 1.807) is 35.9 Å². The van der Waals surface area contributed by atoms with E-state index in [1.807, 2.05) is 24.3 Å². The minimum absolute atomic E-state index is 0. The molecule has 11 nitrogen and oxygen atoms in total. The average molecular weight is 561 g/mol. The molecule has 1 aromatic carbocycles. The maximum atomic E-state index is 12.7. The molecular weight excluding hydrogens is 520 g/mol.